The summed E-state index contributed by atoms with van der Waals surface area (Å²) in [6, 6.07) is 22.4. The van der Waals surface area contributed by atoms with Gasteiger partial charge in [-0.15, -0.1) is 0 Å². The van der Waals surface area contributed by atoms with E-state index in [1.807, 2.05) is 6.92 Å². The van der Waals surface area contributed by atoms with Crippen molar-refractivity contribution in [1.82, 2.24) is 10.3 Å². The first kappa shape index (κ1) is 25.0. The van der Waals surface area contributed by atoms with Crippen molar-refractivity contribution in [3.05, 3.63) is 125 Å². The van der Waals surface area contributed by atoms with Crippen molar-refractivity contribution in [2.24, 2.45) is 0 Å². The van der Waals surface area contributed by atoms with Crippen LogP contribution in [0.1, 0.15) is 47.5 Å². The molecule has 3 amide bonds. The van der Waals surface area contributed by atoms with E-state index in [0.29, 0.717) is 16.7 Å². The molecule has 2 heterocycles. The normalized spacial score (nSPS) is 13.8. The fourth-order valence-corrected chi connectivity index (χ4v) is 6.01. The number of benzene rings is 3. The van der Waals surface area contributed by atoms with Crippen LogP contribution in [-0.2, 0) is 9.84 Å². The number of fused-ring (bicyclic) bond motifs is 1. The molecule has 0 saturated carbocycles. The number of pyridine rings is 1. The van der Waals surface area contributed by atoms with E-state index >= 15 is 0 Å². The summed E-state index contributed by atoms with van der Waals surface area (Å²) >= 11 is 0. The van der Waals surface area contributed by atoms with E-state index in [-0.39, 0.29) is 22.7 Å². The molecule has 0 bridgehead atoms. The molecule has 8 nitrogen and oxygen atoms in total. The molecule has 190 valence electrons. The predicted octanol–water partition coefficient (Wildman–Crippen LogP) is 4.14. The molecule has 1 unspecified atom stereocenters. The van der Waals surface area contributed by atoms with E-state index in [1.54, 1.807) is 79.0 Å². The van der Waals surface area contributed by atoms with Gasteiger partial charge >= 0.3 is 0 Å². The Hall–Kier alpha value is -4.63. The molecule has 1 N–H and O–H groups in total. The molecule has 1 aliphatic rings. The second-order valence-corrected chi connectivity index (χ2v) is 11.0. The highest BCUT2D eigenvalue weighted by Gasteiger charge is 2.36. The van der Waals surface area contributed by atoms with Crippen molar-refractivity contribution in [3.63, 3.8) is 0 Å². The number of hydrogen-bond donors (Lipinski definition) is 1. The van der Waals surface area contributed by atoms with Gasteiger partial charge in [-0.2, -0.15) is 0 Å². The maximum absolute atomic E-state index is 13.5. The molecule has 38 heavy (non-hydrogen) atoms. The Morgan fingerprint density at radius 1 is 0.895 bits per heavy atom. The van der Waals surface area contributed by atoms with Crippen LogP contribution < -0.4 is 10.2 Å². The van der Waals surface area contributed by atoms with Gasteiger partial charge in [-0.05, 0) is 61.0 Å². The summed E-state index contributed by atoms with van der Waals surface area (Å²) in [4.78, 5) is 44.1. The number of imide groups is 1. The van der Waals surface area contributed by atoms with E-state index in [1.165, 1.54) is 18.3 Å². The van der Waals surface area contributed by atoms with Crippen molar-refractivity contribution in [3.8, 4) is 0 Å². The summed E-state index contributed by atoms with van der Waals surface area (Å²) in [6.07, 6.45) is 3.01. The van der Waals surface area contributed by atoms with Crippen molar-refractivity contribution in [1.29, 1.82) is 0 Å². The minimum Gasteiger partial charge on any atom is -0.350 e. The molecule has 0 fully saturated rings. The monoisotopic (exact) mass is 525 g/mol. The number of rotatable bonds is 7. The van der Waals surface area contributed by atoms with E-state index in [4.69, 9.17) is 0 Å². The molecule has 0 aliphatic carbocycles. The van der Waals surface area contributed by atoms with E-state index in [9.17, 15) is 22.8 Å². The first-order chi connectivity index (χ1) is 18.3. The van der Waals surface area contributed by atoms with Crippen molar-refractivity contribution < 1.29 is 22.8 Å². The average Bonchev–Trinajstić information content (AvgIpc) is 3.19. The van der Waals surface area contributed by atoms with Gasteiger partial charge in [0.25, 0.3) is 17.7 Å². The minimum absolute atomic E-state index is 0.138. The largest absolute Gasteiger partial charge is 0.350 e. The average molecular weight is 526 g/mol. The van der Waals surface area contributed by atoms with Crippen LogP contribution in [0.15, 0.2) is 102 Å². The summed E-state index contributed by atoms with van der Waals surface area (Å²) in [7, 11) is -3.87. The number of hydrogen-bond acceptors (Lipinski definition) is 6. The molecule has 1 aliphatic heterocycles. The van der Waals surface area contributed by atoms with Gasteiger partial charge in [0.1, 0.15) is 5.25 Å². The lowest BCUT2D eigenvalue weighted by Crippen LogP contribution is -2.33. The summed E-state index contributed by atoms with van der Waals surface area (Å²) in [5.41, 5.74) is 2.39. The minimum atomic E-state index is -3.87. The van der Waals surface area contributed by atoms with E-state index < -0.39 is 32.8 Å². The molecule has 1 aromatic heterocycles. The Morgan fingerprint density at radius 2 is 1.58 bits per heavy atom. The summed E-state index contributed by atoms with van der Waals surface area (Å²) in [5, 5.41) is 1.63. The Morgan fingerprint density at radius 3 is 2.21 bits per heavy atom. The molecule has 3 aromatic carbocycles. The van der Waals surface area contributed by atoms with Crippen LogP contribution in [-0.4, -0.2) is 37.7 Å². The van der Waals surface area contributed by atoms with Crippen LogP contribution >= 0.6 is 0 Å². The van der Waals surface area contributed by atoms with Crippen LogP contribution in [0.25, 0.3) is 0 Å². The third kappa shape index (κ3) is 4.59. The number of amides is 3. The zero-order valence-corrected chi connectivity index (χ0v) is 21.2. The fourth-order valence-electron chi connectivity index (χ4n) is 4.36. The quantitative estimate of drug-likeness (QED) is 0.363. The van der Waals surface area contributed by atoms with Gasteiger partial charge in [-0.1, -0.05) is 42.0 Å². The third-order valence-electron chi connectivity index (χ3n) is 6.39. The van der Waals surface area contributed by atoms with Gasteiger partial charge in [0, 0.05) is 24.5 Å². The number of nitrogens with one attached hydrogen (secondary N) is 1. The number of aromatic nitrogens is 1. The third-order valence-corrected chi connectivity index (χ3v) is 8.51. The number of carbonyl (C=O) groups is 3. The van der Waals surface area contributed by atoms with Gasteiger partial charge in [0.2, 0.25) is 0 Å². The maximum atomic E-state index is 13.5. The van der Waals surface area contributed by atoms with Crippen LogP contribution in [0.4, 0.5) is 5.69 Å². The lowest BCUT2D eigenvalue weighted by molar-refractivity contribution is 0.0919. The first-order valence-electron chi connectivity index (χ1n) is 11.8. The highest BCUT2D eigenvalue weighted by Crippen LogP contribution is 2.30. The van der Waals surface area contributed by atoms with Crippen molar-refractivity contribution in [2.45, 2.75) is 17.1 Å². The second-order valence-electron chi connectivity index (χ2n) is 8.88. The number of aryl methyl sites for hydroxylation is 1. The van der Waals surface area contributed by atoms with Crippen molar-refractivity contribution >= 4 is 33.2 Å². The Balaban J connectivity index is 1.39. The fraction of sp³-hybridized carbons (Fsp3) is 0.103. The molecule has 9 heteroatoms. The zero-order valence-electron chi connectivity index (χ0n) is 20.4. The van der Waals surface area contributed by atoms with Crippen LogP contribution in [0.5, 0.6) is 0 Å². The summed E-state index contributed by atoms with van der Waals surface area (Å²) < 4.78 is 27.1. The highest BCUT2D eigenvalue weighted by atomic mass is 32.2. The van der Waals surface area contributed by atoms with Gasteiger partial charge < -0.3 is 5.32 Å². The molecular formula is C29H23N3O5S. The molecule has 0 spiro atoms. The number of anilines is 1. The topological polar surface area (TPSA) is 114 Å². The van der Waals surface area contributed by atoms with Gasteiger partial charge in [0.05, 0.1) is 21.7 Å². The molecular weight excluding hydrogens is 502 g/mol. The molecule has 0 saturated heterocycles. The van der Waals surface area contributed by atoms with Crippen LogP contribution in [0.3, 0.4) is 0 Å². The highest BCUT2D eigenvalue weighted by molar-refractivity contribution is 7.91. The maximum Gasteiger partial charge on any atom is 0.266 e. The molecule has 5 rings (SSSR count). The summed E-state index contributed by atoms with van der Waals surface area (Å²) in [5.74, 6) is -1.48. The standard InChI is InChI=1S/C29H23N3O5S/c1-19-11-13-23(14-12-19)38(36,37)26(21-7-5-15-30-17-21)18-31-27(33)20-6-4-8-22(16-20)32-28(34)24-9-2-3-10-25(24)29(32)35/h2-17,26H,18H2,1H3,(H,31,33). The Labute approximate surface area is 219 Å². The van der Waals surface area contributed by atoms with Crippen LogP contribution in [0, 0.1) is 6.92 Å². The predicted molar refractivity (Wildman–Crippen MR) is 142 cm³/mol. The van der Waals surface area contributed by atoms with Crippen molar-refractivity contribution in [2.75, 3.05) is 11.4 Å². The lowest BCUT2D eigenvalue weighted by Gasteiger charge is -2.19. The number of nitrogens with zero attached hydrogens (tertiary/aromatic N) is 2. The smallest absolute Gasteiger partial charge is 0.266 e. The second kappa shape index (κ2) is 10.0. The van der Waals surface area contributed by atoms with Gasteiger partial charge in [-0.3, -0.25) is 19.4 Å². The zero-order chi connectivity index (χ0) is 26.9. The van der Waals surface area contributed by atoms with E-state index in [0.717, 1.165) is 10.5 Å². The first-order valence-corrected chi connectivity index (χ1v) is 13.4. The Bertz CT molecular complexity index is 1620. The molecule has 0 radical (unpaired) electrons. The Kier molecular flexibility index (Phi) is 6.61. The van der Waals surface area contributed by atoms with Gasteiger partial charge in [-0.25, -0.2) is 13.3 Å². The number of carbonyl (C=O) groups excluding carboxylic acids is 3. The van der Waals surface area contributed by atoms with E-state index in [2.05, 4.69) is 10.3 Å². The summed E-state index contributed by atoms with van der Waals surface area (Å²) in [6.45, 7) is 1.66. The SMILES string of the molecule is Cc1ccc(S(=O)(=O)C(CNC(=O)c2cccc(N3C(=O)c4ccccc4C3=O)c2)c2cccnc2)cc1. The van der Waals surface area contributed by atoms with Gasteiger partial charge in [0.15, 0.2) is 9.84 Å². The molecule has 4 aromatic rings. The molecule has 1 atom stereocenters. The van der Waals surface area contributed by atoms with Crippen LogP contribution in [0.2, 0.25) is 0 Å². The number of sulfone groups is 1. The lowest BCUT2D eigenvalue weighted by atomic mass is 10.1.